The van der Waals surface area contributed by atoms with E-state index in [1.807, 2.05) is 24.3 Å². The molecule has 1 saturated carbocycles. The molecule has 1 aromatic carbocycles. The predicted molar refractivity (Wildman–Crippen MR) is 78.7 cm³/mol. The molecule has 1 aliphatic rings. The molecule has 2 rings (SSSR count). The lowest BCUT2D eigenvalue weighted by atomic mass is 9.82. The van der Waals surface area contributed by atoms with Gasteiger partial charge < -0.3 is 0 Å². The van der Waals surface area contributed by atoms with Gasteiger partial charge in [-0.25, -0.2) is 0 Å². The third kappa shape index (κ3) is 3.91. The van der Waals surface area contributed by atoms with Crippen LogP contribution < -0.4 is 0 Å². The molecule has 0 radical (unpaired) electrons. The number of nitriles is 1. The number of carbonyl (C=O) groups is 1. The molecule has 2 nitrogen and oxygen atoms in total. The summed E-state index contributed by atoms with van der Waals surface area (Å²) in [4.78, 5) is 12.3. The maximum Gasteiger partial charge on any atom is 0.154 e. The molecular weight excluding hydrogens is 302 g/mol. The largest absolute Gasteiger partial charge is 0.298 e. The summed E-state index contributed by atoms with van der Waals surface area (Å²) in [6, 6.07) is 9.64. The maximum absolute atomic E-state index is 12.3. The lowest BCUT2D eigenvalue weighted by Crippen LogP contribution is -2.17. The van der Waals surface area contributed by atoms with Gasteiger partial charge in [0.2, 0.25) is 0 Å². The molecule has 0 amide bonds. The van der Waals surface area contributed by atoms with Gasteiger partial charge in [-0.2, -0.15) is 5.26 Å². The molecule has 3 heteroatoms. The summed E-state index contributed by atoms with van der Waals surface area (Å²) >= 11 is 3.37. The van der Waals surface area contributed by atoms with E-state index in [0.717, 1.165) is 22.9 Å². The summed E-state index contributed by atoms with van der Waals surface area (Å²) < 4.78 is 0.965. The molecule has 0 spiro atoms. The fourth-order valence-corrected chi connectivity index (χ4v) is 3.05. The zero-order valence-electron chi connectivity index (χ0n) is 10.9. The number of Topliss-reactive ketones (excluding diaryl/α,β-unsaturated/α-hetero) is 1. The first-order chi connectivity index (χ1) is 9.20. The Morgan fingerprint density at radius 2 is 1.89 bits per heavy atom. The van der Waals surface area contributed by atoms with E-state index >= 15 is 0 Å². The van der Waals surface area contributed by atoms with Crippen molar-refractivity contribution < 1.29 is 4.79 Å². The number of hydrogen-bond donors (Lipinski definition) is 0. The van der Waals surface area contributed by atoms with Crippen LogP contribution in [0, 0.1) is 17.2 Å². The van der Waals surface area contributed by atoms with Crippen LogP contribution in [0.15, 0.2) is 28.7 Å². The molecule has 100 valence electrons. The van der Waals surface area contributed by atoms with Gasteiger partial charge in [0.15, 0.2) is 5.78 Å². The van der Waals surface area contributed by atoms with Crippen LogP contribution in [-0.2, 0) is 4.79 Å². The number of hydrogen-bond acceptors (Lipinski definition) is 2. The average molecular weight is 320 g/mol. The molecular formula is C16H18BrNO. The van der Waals surface area contributed by atoms with Gasteiger partial charge in [0.25, 0.3) is 0 Å². The number of nitrogens with zero attached hydrogens (tertiary/aromatic N) is 1. The van der Waals surface area contributed by atoms with Gasteiger partial charge in [-0.15, -0.1) is 0 Å². The van der Waals surface area contributed by atoms with Crippen molar-refractivity contribution in [3.05, 3.63) is 34.3 Å². The molecule has 0 bridgehead atoms. The van der Waals surface area contributed by atoms with E-state index in [-0.39, 0.29) is 5.78 Å². The van der Waals surface area contributed by atoms with Gasteiger partial charge in [0, 0.05) is 10.9 Å². The summed E-state index contributed by atoms with van der Waals surface area (Å²) in [5, 5.41) is 9.27. The first kappa shape index (κ1) is 14.3. The first-order valence-electron chi connectivity index (χ1n) is 6.88. The summed E-state index contributed by atoms with van der Waals surface area (Å²) in [7, 11) is 0. The fraction of sp³-hybridized carbons (Fsp3) is 0.500. The van der Waals surface area contributed by atoms with Crippen molar-refractivity contribution in [3.8, 4) is 6.07 Å². The highest BCUT2D eigenvalue weighted by atomic mass is 79.9. The predicted octanol–water partition coefficient (Wildman–Crippen LogP) is 4.60. The van der Waals surface area contributed by atoms with Crippen LogP contribution in [0.2, 0.25) is 0 Å². The Morgan fingerprint density at radius 1 is 1.26 bits per heavy atom. The van der Waals surface area contributed by atoms with Crippen molar-refractivity contribution in [2.45, 2.75) is 44.4 Å². The Morgan fingerprint density at radius 3 is 2.47 bits per heavy atom. The minimum atomic E-state index is -0.602. The second-order valence-electron chi connectivity index (χ2n) is 5.29. The van der Waals surface area contributed by atoms with Crippen LogP contribution >= 0.6 is 15.9 Å². The normalized spacial score (nSPS) is 17.7. The topological polar surface area (TPSA) is 40.9 Å². The van der Waals surface area contributed by atoms with Gasteiger partial charge in [-0.1, -0.05) is 60.2 Å². The molecule has 1 aromatic rings. The number of ketones is 1. The van der Waals surface area contributed by atoms with Crippen molar-refractivity contribution in [2.24, 2.45) is 5.92 Å². The van der Waals surface area contributed by atoms with Crippen molar-refractivity contribution >= 4 is 21.7 Å². The Bertz CT molecular complexity index is 469. The van der Waals surface area contributed by atoms with E-state index in [1.165, 1.54) is 19.3 Å². The van der Waals surface area contributed by atoms with E-state index in [9.17, 15) is 10.1 Å². The highest BCUT2D eigenvalue weighted by molar-refractivity contribution is 9.10. The first-order valence-corrected chi connectivity index (χ1v) is 7.68. The Labute approximate surface area is 122 Å². The zero-order chi connectivity index (χ0) is 13.7. The van der Waals surface area contributed by atoms with Crippen molar-refractivity contribution in [3.63, 3.8) is 0 Å². The molecule has 1 unspecified atom stereocenters. The minimum Gasteiger partial charge on any atom is -0.298 e. The lowest BCUT2D eigenvalue weighted by Gasteiger charge is -2.21. The van der Waals surface area contributed by atoms with Crippen molar-refractivity contribution in [2.75, 3.05) is 0 Å². The van der Waals surface area contributed by atoms with E-state index in [1.54, 1.807) is 0 Å². The number of carbonyl (C=O) groups excluding carboxylic acids is 1. The quantitative estimate of drug-likeness (QED) is 0.814. The Balaban J connectivity index is 2.02. The summed E-state index contributed by atoms with van der Waals surface area (Å²) in [6.07, 6.45) is 6.60. The van der Waals surface area contributed by atoms with Gasteiger partial charge in [0.05, 0.1) is 6.07 Å². The van der Waals surface area contributed by atoms with Gasteiger partial charge in [0.1, 0.15) is 5.92 Å². The highest BCUT2D eigenvalue weighted by Crippen LogP contribution is 2.29. The van der Waals surface area contributed by atoms with Gasteiger partial charge >= 0.3 is 0 Å². The third-order valence-electron chi connectivity index (χ3n) is 3.87. The number of benzene rings is 1. The highest BCUT2D eigenvalue weighted by Gasteiger charge is 2.24. The molecule has 0 aromatic heterocycles. The fourth-order valence-electron chi connectivity index (χ4n) is 2.78. The third-order valence-corrected chi connectivity index (χ3v) is 4.40. The van der Waals surface area contributed by atoms with Crippen LogP contribution in [0.5, 0.6) is 0 Å². The van der Waals surface area contributed by atoms with E-state index in [4.69, 9.17) is 0 Å². The molecule has 19 heavy (non-hydrogen) atoms. The molecule has 0 heterocycles. The molecule has 0 N–H and O–H groups in total. The molecule has 1 fully saturated rings. The molecule has 0 saturated heterocycles. The zero-order valence-corrected chi connectivity index (χ0v) is 12.5. The number of halogens is 1. The van der Waals surface area contributed by atoms with Crippen molar-refractivity contribution in [1.82, 2.24) is 0 Å². The van der Waals surface area contributed by atoms with E-state index in [2.05, 4.69) is 22.0 Å². The second-order valence-corrected chi connectivity index (χ2v) is 6.20. The van der Waals surface area contributed by atoms with Crippen LogP contribution in [-0.4, -0.2) is 5.78 Å². The molecule has 1 atom stereocenters. The lowest BCUT2D eigenvalue weighted by molar-refractivity contribution is -0.120. The Kier molecular flexibility index (Phi) is 5.15. The maximum atomic E-state index is 12.3. The van der Waals surface area contributed by atoms with Crippen molar-refractivity contribution in [1.29, 1.82) is 5.26 Å². The smallest absolute Gasteiger partial charge is 0.154 e. The standard InChI is InChI=1S/C16H18BrNO/c17-14-8-6-13(7-9-14)15(11-18)16(19)10-12-4-2-1-3-5-12/h6-9,12,15H,1-5,10H2. The minimum absolute atomic E-state index is 0.0803. The van der Waals surface area contributed by atoms with Gasteiger partial charge in [-0.05, 0) is 23.6 Å². The summed E-state index contributed by atoms with van der Waals surface area (Å²) in [6.45, 7) is 0. The van der Waals surface area contributed by atoms with Gasteiger partial charge in [-0.3, -0.25) is 4.79 Å². The molecule has 1 aliphatic carbocycles. The monoisotopic (exact) mass is 319 g/mol. The average Bonchev–Trinajstić information content (AvgIpc) is 2.43. The molecule has 0 aliphatic heterocycles. The van der Waals surface area contributed by atoms with Crippen LogP contribution in [0.3, 0.4) is 0 Å². The SMILES string of the molecule is N#CC(C(=O)CC1CCCCC1)c1ccc(Br)cc1. The summed E-state index contributed by atoms with van der Waals surface area (Å²) in [5.74, 6) is -0.0284. The number of rotatable bonds is 4. The van der Waals surface area contributed by atoms with E-state index < -0.39 is 5.92 Å². The van der Waals surface area contributed by atoms with E-state index in [0.29, 0.717) is 12.3 Å². The summed E-state index contributed by atoms with van der Waals surface area (Å²) in [5.41, 5.74) is 0.812. The second kappa shape index (κ2) is 6.86. The van der Waals surface area contributed by atoms with Crippen LogP contribution in [0.25, 0.3) is 0 Å². The van der Waals surface area contributed by atoms with Crippen LogP contribution in [0.4, 0.5) is 0 Å². The Hall–Kier alpha value is -1.14. The van der Waals surface area contributed by atoms with Crippen LogP contribution in [0.1, 0.15) is 50.0 Å².